The van der Waals surface area contributed by atoms with Crippen LogP contribution in [0, 0.1) is 0 Å². The maximum absolute atomic E-state index is 10.7. The lowest BCUT2D eigenvalue weighted by Crippen LogP contribution is -2.36. The van der Waals surface area contributed by atoms with Crippen LogP contribution in [0.1, 0.15) is 36.4 Å². The summed E-state index contributed by atoms with van der Waals surface area (Å²) in [5, 5.41) is 4.49. The molecule has 0 aliphatic carbocycles. The van der Waals surface area contributed by atoms with Crippen LogP contribution in [0.25, 0.3) is 1.43 Å². The fraction of sp³-hybridized carbons (Fsp3) is 0.875. The number of carboxylic acids is 1. The molecular formula is C8H17NO2. The van der Waals surface area contributed by atoms with Crippen LogP contribution >= 0.6 is 0 Å². The van der Waals surface area contributed by atoms with E-state index in [4.69, 9.17) is 5.58 Å². The summed E-state index contributed by atoms with van der Waals surface area (Å²) < 4.78 is 29.1. The zero-order valence-corrected chi connectivity index (χ0v) is 7.18. The molecule has 11 heavy (non-hydrogen) atoms. The van der Waals surface area contributed by atoms with Crippen molar-refractivity contribution >= 4 is 5.97 Å². The van der Waals surface area contributed by atoms with E-state index >= 15 is 0 Å². The summed E-state index contributed by atoms with van der Waals surface area (Å²) in [4.78, 5) is 10.7. The predicted octanol–water partition coefficient (Wildman–Crippen LogP) is 1.24. The molecule has 0 radical (unpaired) electrons. The van der Waals surface area contributed by atoms with Gasteiger partial charge in [-0.3, -0.25) is 4.79 Å². The van der Waals surface area contributed by atoms with Gasteiger partial charge in [-0.1, -0.05) is 0 Å². The van der Waals surface area contributed by atoms with Gasteiger partial charge < -0.3 is 10.4 Å². The lowest BCUT2D eigenvalue weighted by Gasteiger charge is -2.19. The van der Waals surface area contributed by atoms with Crippen LogP contribution < -0.4 is 5.31 Å². The minimum Gasteiger partial charge on any atom is -0.481 e. The molecule has 0 aliphatic rings. The van der Waals surface area contributed by atoms with Gasteiger partial charge >= 0.3 is 5.97 Å². The summed E-state index contributed by atoms with van der Waals surface area (Å²) in [6, 6.07) is 0. The molecule has 66 valence electrons. The highest BCUT2D eigenvalue weighted by Gasteiger charge is 2.07. The molecular weight excluding hydrogens is 142 g/mol. The van der Waals surface area contributed by atoms with Gasteiger partial charge in [0.2, 0.25) is 0 Å². The summed E-state index contributed by atoms with van der Waals surface area (Å²) in [7, 11) is 0. The van der Waals surface area contributed by atoms with Gasteiger partial charge in [0.15, 0.2) is 0 Å². The van der Waals surface area contributed by atoms with Crippen molar-refractivity contribution in [3.8, 4) is 0 Å². The number of nitrogens with one attached hydrogen (secondary N) is 1. The highest BCUT2D eigenvalue weighted by atomic mass is 16.4. The van der Waals surface area contributed by atoms with Crippen molar-refractivity contribution < 1.29 is 14.1 Å². The molecule has 0 unspecified atom stereocenters. The number of hydrogen-bond acceptors (Lipinski definition) is 3. The molecule has 0 aromatic rings. The van der Waals surface area contributed by atoms with E-state index in [0.717, 1.165) is 5.31 Å². The first kappa shape index (κ1) is 5.14. The van der Waals surface area contributed by atoms with Crippen LogP contribution in [0.5, 0.6) is 0 Å². The van der Waals surface area contributed by atoms with E-state index in [-0.39, 0.29) is 12.8 Å². The largest absolute Gasteiger partial charge is 0.481 e. The van der Waals surface area contributed by atoms with Crippen molar-refractivity contribution in [1.29, 1.82) is 1.43 Å². The molecule has 0 aromatic heterocycles. The minimum atomic E-state index is -1.91. The van der Waals surface area contributed by atoms with E-state index in [1.807, 2.05) is 0 Å². The second-order valence-corrected chi connectivity index (χ2v) is 3.31. The Balaban J connectivity index is 4.35. The highest BCUT2D eigenvalue weighted by Crippen LogP contribution is 1.98. The Morgan fingerprint density at radius 3 is 2.91 bits per heavy atom. The summed E-state index contributed by atoms with van der Waals surface area (Å²) in [6.07, 6.45) is -0.368. The summed E-state index contributed by atoms with van der Waals surface area (Å²) in [5.74, 6) is -0.791. The van der Waals surface area contributed by atoms with Crippen molar-refractivity contribution in [2.75, 3.05) is 6.50 Å². The molecule has 3 nitrogen and oxygen atoms in total. The monoisotopic (exact) mass is 163 g/mol. The van der Waals surface area contributed by atoms with Crippen LogP contribution in [0.4, 0.5) is 0 Å². The molecule has 0 atom stereocenters. The molecule has 0 aromatic carbocycles. The smallest absolute Gasteiger partial charge is 0.303 e. The molecule has 0 saturated carbocycles. The molecule has 0 aliphatic heterocycles. The van der Waals surface area contributed by atoms with Crippen molar-refractivity contribution in [2.24, 2.45) is 0 Å². The van der Waals surface area contributed by atoms with E-state index in [1.54, 1.807) is 20.8 Å². The molecule has 0 amide bonds. The first-order chi connectivity index (χ1) is 6.61. The Bertz CT molecular complexity index is 227. The van der Waals surface area contributed by atoms with Crippen molar-refractivity contribution in [3.05, 3.63) is 0 Å². The number of carboxylic acid groups (broad SMARTS) is 1. The molecule has 0 rings (SSSR count). The molecule has 0 fully saturated rings. The topological polar surface area (TPSA) is 49.3 Å². The van der Waals surface area contributed by atoms with Crippen LogP contribution in [0.15, 0.2) is 0 Å². The zero-order valence-electron chi connectivity index (χ0n) is 11.2. The molecule has 0 bridgehead atoms. The Morgan fingerprint density at radius 1 is 1.82 bits per heavy atom. The van der Waals surface area contributed by atoms with Crippen molar-refractivity contribution in [2.45, 2.75) is 39.2 Å². The van der Waals surface area contributed by atoms with Gasteiger partial charge in [-0.05, 0) is 33.7 Å². The summed E-state index contributed by atoms with van der Waals surface area (Å²) in [6.45, 7) is 3.22. The summed E-state index contributed by atoms with van der Waals surface area (Å²) >= 11 is 0. The average molecular weight is 163 g/mol. The minimum absolute atomic E-state index is 0.161. The fourth-order valence-corrected chi connectivity index (χ4v) is 0.451. The zero-order chi connectivity index (χ0) is 12.3. The number of aliphatic carboxylic acids is 1. The standard InChI is InChI=1S/C8H17NO2/c1-8(2,3)9-6-4-5-7(10)11/h9H,4-6H2,1-3H3,(H,10,11)/i6D2/hD2. The predicted molar refractivity (Wildman–Crippen MR) is 44.6 cm³/mol. The second kappa shape index (κ2) is 4.34. The third-order valence-electron chi connectivity index (χ3n) is 0.855. The van der Waals surface area contributed by atoms with E-state index < -0.39 is 18.0 Å². The lowest BCUT2D eigenvalue weighted by atomic mass is 10.1. The van der Waals surface area contributed by atoms with Crippen LogP contribution in [-0.2, 0) is 4.79 Å². The molecule has 0 heterocycles. The molecule has 0 spiro atoms. The Kier molecular flexibility index (Phi) is 2.03. The first-order valence-electron chi connectivity index (χ1n) is 5.42. The number of rotatable bonds is 4. The van der Waals surface area contributed by atoms with Crippen molar-refractivity contribution in [1.82, 2.24) is 5.31 Å². The highest BCUT2D eigenvalue weighted by molar-refractivity contribution is 5.66. The van der Waals surface area contributed by atoms with E-state index in [0.29, 0.717) is 0 Å². The van der Waals surface area contributed by atoms with Gasteiger partial charge in [0.05, 0.1) is 0 Å². The van der Waals surface area contributed by atoms with Crippen LogP contribution in [0.2, 0.25) is 1.41 Å². The van der Waals surface area contributed by atoms with Gasteiger partial charge in [-0.2, -0.15) is 0 Å². The lowest BCUT2D eigenvalue weighted by molar-refractivity contribution is -0.137. The Labute approximate surface area is 73.6 Å². The van der Waals surface area contributed by atoms with E-state index in [9.17, 15) is 4.79 Å². The van der Waals surface area contributed by atoms with E-state index in [1.165, 1.54) is 0 Å². The maximum Gasteiger partial charge on any atom is 0.303 e. The summed E-state index contributed by atoms with van der Waals surface area (Å²) in [5.41, 5.74) is -0.644. The number of carbonyl (C=O) groups is 1. The first-order valence-corrected chi connectivity index (χ1v) is 3.56. The van der Waals surface area contributed by atoms with Gasteiger partial charge in [0.25, 0.3) is 1.43 Å². The molecule has 3 heteroatoms. The third kappa shape index (κ3) is 9.43. The SMILES string of the molecule is [2H]OC(=O)CCC([2H])([2H])N([2H])C(C)(C)C. The fourth-order valence-electron chi connectivity index (χ4n) is 0.451. The maximum atomic E-state index is 10.7. The van der Waals surface area contributed by atoms with Gasteiger partial charge in [0, 0.05) is 14.7 Å². The van der Waals surface area contributed by atoms with Crippen LogP contribution in [0.3, 0.4) is 0 Å². The normalized spacial score (nSPS) is 18.2. The molecule has 2 N–H and O–H groups in total. The van der Waals surface area contributed by atoms with Gasteiger partial charge in [-0.15, -0.1) is 0 Å². The Hall–Kier alpha value is -0.570. The van der Waals surface area contributed by atoms with Gasteiger partial charge in [-0.25, -0.2) is 0 Å². The Morgan fingerprint density at radius 2 is 2.45 bits per heavy atom. The van der Waals surface area contributed by atoms with Crippen LogP contribution in [-0.4, -0.2) is 23.1 Å². The average Bonchev–Trinajstić information content (AvgIpc) is 2.11. The van der Waals surface area contributed by atoms with Gasteiger partial charge in [0.1, 0.15) is 1.41 Å². The van der Waals surface area contributed by atoms with E-state index in [2.05, 4.69) is 5.11 Å². The second-order valence-electron chi connectivity index (χ2n) is 3.31. The molecule has 0 saturated heterocycles. The quantitative estimate of drug-likeness (QED) is 0.655. The number of hydrogen-bond donors (Lipinski definition) is 2. The van der Waals surface area contributed by atoms with Crippen molar-refractivity contribution in [3.63, 3.8) is 0 Å². The third-order valence-corrected chi connectivity index (χ3v) is 0.855.